The monoisotopic (exact) mass is 440 g/mol. The van der Waals surface area contributed by atoms with Gasteiger partial charge in [0.1, 0.15) is 12.1 Å². The molecule has 0 radical (unpaired) electrons. The molecule has 2 N–H and O–H groups in total. The van der Waals surface area contributed by atoms with Gasteiger partial charge in [0.05, 0.1) is 19.3 Å². The van der Waals surface area contributed by atoms with Gasteiger partial charge in [-0.25, -0.2) is 4.79 Å². The average molecular weight is 441 g/mol. The van der Waals surface area contributed by atoms with Crippen molar-refractivity contribution >= 4 is 23.5 Å². The molecule has 3 amide bonds. The number of hydrogen-bond donors (Lipinski definition) is 2. The summed E-state index contributed by atoms with van der Waals surface area (Å²) in [6.45, 7) is 1.90. The number of halogens is 1. The molecule has 31 heavy (non-hydrogen) atoms. The molecule has 0 aromatic heterocycles. The number of amides is 3. The number of nitriles is 1. The predicted molar refractivity (Wildman–Crippen MR) is 118 cm³/mol. The minimum absolute atomic E-state index is 0.314. The van der Waals surface area contributed by atoms with Crippen LogP contribution in [0.2, 0.25) is 5.02 Å². The fraction of sp³-hybridized carbons (Fsp3) is 0.348. The number of carbonyl (C=O) groups is 2. The lowest BCUT2D eigenvalue weighted by Crippen LogP contribution is -2.55. The van der Waals surface area contributed by atoms with Crippen molar-refractivity contribution in [2.75, 3.05) is 26.3 Å². The van der Waals surface area contributed by atoms with Gasteiger partial charge < -0.3 is 20.3 Å². The highest BCUT2D eigenvalue weighted by Crippen LogP contribution is 2.12. The summed E-state index contributed by atoms with van der Waals surface area (Å²) in [6.07, 6.45) is 0.663. The average Bonchev–Trinajstić information content (AvgIpc) is 2.80. The smallest absolute Gasteiger partial charge is 0.318 e. The minimum Gasteiger partial charge on any atom is -0.378 e. The second-order valence-electron chi connectivity index (χ2n) is 7.31. The van der Waals surface area contributed by atoms with Crippen LogP contribution in [-0.4, -0.2) is 55.2 Å². The van der Waals surface area contributed by atoms with Gasteiger partial charge in [-0.3, -0.25) is 4.79 Å². The van der Waals surface area contributed by atoms with E-state index >= 15 is 0 Å². The largest absolute Gasteiger partial charge is 0.378 e. The summed E-state index contributed by atoms with van der Waals surface area (Å²) in [5.41, 5.74) is 1.80. The maximum atomic E-state index is 13.0. The summed E-state index contributed by atoms with van der Waals surface area (Å²) in [5.74, 6) is -0.397. The Hall–Kier alpha value is -3.08. The molecule has 1 fully saturated rings. The Morgan fingerprint density at radius 3 is 2.29 bits per heavy atom. The Bertz CT molecular complexity index is 909. The Labute approximate surface area is 186 Å². The number of rotatable bonds is 7. The third-order valence-corrected chi connectivity index (χ3v) is 5.27. The molecule has 7 nitrogen and oxygen atoms in total. The summed E-state index contributed by atoms with van der Waals surface area (Å²) in [5, 5.41) is 15.8. The van der Waals surface area contributed by atoms with Crippen LogP contribution >= 0.6 is 11.6 Å². The highest BCUT2D eigenvalue weighted by Gasteiger charge is 2.26. The SMILES string of the molecule is N#C[C@H](Cc1ccc(Cl)cc1)NC(=O)[C@H](Cc1ccccc1)NC(=O)N1CCOCC1. The summed E-state index contributed by atoms with van der Waals surface area (Å²) in [6, 6.07) is 16.9. The van der Waals surface area contributed by atoms with Gasteiger partial charge >= 0.3 is 6.03 Å². The van der Waals surface area contributed by atoms with E-state index in [1.807, 2.05) is 42.5 Å². The maximum absolute atomic E-state index is 13.0. The van der Waals surface area contributed by atoms with Gasteiger partial charge in [-0.2, -0.15) is 5.26 Å². The van der Waals surface area contributed by atoms with Gasteiger partial charge in [-0.05, 0) is 23.3 Å². The van der Waals surface area contributed by atoms with Crippen LogP contribution in [0.15, 0.2) is 54.6 Å². The Morgan fingerprint density at radius 2 is 1.65 bits per heavy atom. The van der Waals surface area contributed by atoms with E-state index in [-0.39, 0.29) is 6.03 Å². The molecule has 0 saturated carbocycles. The molecule has 1 aliphatic heterocycles. The summed E-state index contributed by atoms with van der Waals surface area (Å²) in [7, 11) is 0. The zero-order chi connectivity index (χ0) is 22.1. The lowest BCUT2D eigenvalue weighted by atomic mass is 10.0. The summed E-state index contributed by atoms with van der Waals surface area (Å²) >= 11 is 5.91. The van der Waals surface area contributed by atoms with Crippen molar-refractivity contribution in [2.24, 2.45) is 0 Å². The van der Waals surface area contributed by atoms with E-state index in [1.165, 1.54) is 0 Å². The van der Waals surface area contributed by atoms with Crippen LogP contribution < -0.4 is 10.6 Å². The molecule has 1 saturated heterocycles. The molecule has 1 aliphatic rings. The van der Waals surface area contributed by atoms with E-state index < -0.39 is 18.0 Å². The molecule has 0 aliphatic carbocycles. The van der Waals surface area contributed by atoms with Crippen LogP contribution in [-0.2, 0) is 22.4 Å². The van der Waals surface area contributed by atoms with Crippen molar-refractivity contribution in [1.82, 2.24) is 15.5 Å². The van der Waals surface area contributed by atoms with E-state index in [9.17, 15) is 14.9 Å². The first-order valence-corrected chi connectivity index (χ1v) is 10.5. The molecule has 2 aromatic carbocycles. The van der Waals surface area contributed by atoms with Crippen LogP contribution in [0.5, 0.6) is 0 Å². The number of nitrogens with zero attached hydrogens (tertiary/aromatic N) is 2. The van der Waals surface area contributed by atoms with Crippen molar-refractivity contribution < 1.29 is 14.3 Å². The van der Waals surface area contributed by atoms with Gasteiger partial charge in [-0.15, -0.1) is 0 Å². The highest BCUT2D eigenvalue weighted by atomic mass is 35.5. The van der Waals surface area contributed by atoms with Crippen molar-refractivity contribution in [3.8, 4) is 6.07 Å². The quantitative estimate of drug-likeness (QED) is 0.691. The Balaban J connectivity index is 1.68. The molecule has 3 rings (SSSR count). The van der Waals surface area contributed by atoms with E-state index in [0.717, 1.165) is 11.1 Å². The van der Waals surface area contributed by atoms with E-state index in [4.69, 9.17) is 16.3 Å². The summed E-state index contributed by atoms with van der Waals surface area (Å²) < 4.78 is 5.28. The molecule has 8 heteroatoms. The fourth-order valence-corrected chi connectivity index (χ4v) is 3.45. The topological polar surface area (TPSA) is 94.5 Å². The highest BCUT2D eigenvalue weighted by molar-refractivity contribution is 6.30. The van der Waals surface area contributed by atoms with Crippen LogP contribution in [0.4, 0.5) is 4.79 Å². The predicted octanol–water partition coefficient (Wildman–Crippen LogP) is 2.54. The molecule has 2 aromatic rings. The van der Waals surface area contributed by atoms with E-state index in [0.29, 0.717) is 44.2 Å². The Morgan fingerprint density at radius 1 is 1.00 bits per heavy atom. The van der Waals surface area contributed by atoms with Gasteiger partial charge in [0.2, 0.25) is 5.91 Å². The molecule has 0 bridgehead atoms. The van der Waals surface area contributed by atoms with Crippen LogP contribution in [0.3, 0.4) is 0 Å². The Kier molecular flexibility index (Phi) is 8.27. The number of morpholine rings is 1. The van der Waals surface area contributed by atoms with Crippen LogP contribution in [0.1, 0.15) is 11.1 Å². The lowest BCUT2D eigenvalue weighted by molar-refractivity contribution is -0.123. The van der Waals surface area contributed by atoms with Crippen molar-refractivity contribution in [2.45, 2.75) is 24.9 Å². The maximum Gasteiger partial charge on any atom is 0.318 e. The zero-order valence-corrected chi connectivity index (χ0v) is 17.8. The molecule has 0 unspecified atom stereocenters. The van der Waals surface area contributed by atoms with Crippen LogP contribution in [0, 0.1) is 11.3 Å². The number of nitrogens with one attached hydrogen (secondary N) is 2. The summed E-state index contributed by atoms with van der Waals surface area (Å²) in [4.78, 5) is 27.4. The van der Waals surface area contributed by atoms with Gasteiger partial charge in [0.25, 0.3) is 0 Å². The number of hydrogen-bond acceptors (Lipinski definition) is 4. The third kappa shape index (κ3) is 6.99. The fourth-order valence-electron chi connectivity index (χ4n) is 3.32. The number of benzene rings is 2. The molecule has 162 valence electrons. The zero-order valence-electron chi connectivity index (χ0n) is 17.1. The molecule has 1 heterocycles. The molecule has 0 spiro atoms. The van der Waals surface area contributed by atoms with E-state index in [2.05, 4.69) is 16.7 Å². The first-order valence-electron chi connectivity index (χ1n) is 10.2. The lowest BCUT2D eigenvalue weighted by Gasteiger charge is -2.29. The first kappa shape index (κ1) is 22.6. The van der Waals surface area contributed by atoms with Crippen LogP contribution in [0.25, 0.3) is 0 Å². The van der Waals surface area contributed by atoms with Crippen molar-refractivity contribution in [1.29, 1.82) is 5.26 Å². The second-order valence-corrected chi connectivity index (χ2v) is 7.75. The van der Waals surface area contributed by atoms with Crippen molar-refractivity contribution in [3.63, 3.8) is 0 Å². The third-order valence-electron chi connectivity index (χ3n) is 5.02. The number of ether oxygens (including phenoxy) is 1. The normalized spacial score (nSPS) is 15.4. The van der Waals surface area contributed by atoms with Gasteiger partial charge in [0, 0.05) is 31.0 Å². The molecule has 2 atom stereocenters. The standard InChI is InChI=1S/C23H25ClN4O3/c24-19-8-6-18(7-9-19)14-20(16-25)26-22(29)21(15-17-4-2-1-3-5-17)27-23(30)28-10-12-31-13-11-28/h1-9,20-21H,10-15H2,(H,26,29)(H,27,30)/t20-,21-/m0/s1. The number of urea groups is 1. The van der Waals surface area contributed by atoms with E-state index in [1.54, 1.807) is 17.0 Å². The van der Waals surface area contributed by atoms with Gasteiger partial charge in [-0.1, -0.05) is 54.1 Å². The minimum atomic E-state index is -0.807. The molecular formula is C23H25ClN4O3. The molecular weight excluding hydrogens is 416 g/mol. The first-order chi connectivity index (χ1) is 15.0. The van der Waals surface area contributed by atoms with Crippen molar-refractivity contribution in [3.05, 3.63) is 70.7 Å². The van der Waals surface area contributed by atoms with Gasteiger partial charge in [0.15, 0.2) is 0 Å². The second kappa shape index (κ2) is 11.3. The number of carbonyl (C=O) groups excluding carboxylic acids is 2.